The van der Waals surface area contributed by atoms with Crippen LogP contribution in [0.2, 0.25) is 5.02 Å². The molecule has 0 aliphatic heterocycles. The van der Waals surface area contributed by atoms with Gasteiger partial charge in [-0.05, 0) is 65.6 Å². The number of anilines is 1. The second-order valence-electron chi connectivity index (χ2n) is 8.01. The third kappa shape index (κ3) is 4.99. The summed E-state index contributed by atoms with van der Waals surface area (Å²) in [7, 11) is 0. The molecule has 0 aliphatic carbocycles. The molecule has 0 bridgehead atoms. The normalized spacial score (nSPS) is 11.7. The van der Waals surface area contributed by atoms with Crippen molar-refractivity contribution in [3.63, 3.8) is 0 Å². The maximum Gasteiger partial charge on any atom is 0.433 e. The molecule has 176 valence electrons. The number of benzene rings is 2. The molecule has 0 atom stereocenters. The summed E-state index contributed by atoms with van der Waals surface area (Å²) in [4.78, 5) is 16.8. The van der Waals surface area contributed by atoms with Gasteiger partial charge in [-0.25, -0.2) is 4.98 Å². The molecule has 6 nitrogen and oxygen atoms in total. The summed E-state index contributed by atoms with van der Waals surface area (Å²) < 4.78 is 41.9. The zero-order valence-corrected chi connectivity index (χ0v) is 19.1. The van der Waals surface area contributed by atoms with E-state index in [1.165, 1.54) is 0 Å². The number of rotatable bonds is 5. The fourth-order valence-corrected chi connectivity index (χ4v) is 4.01. The predicted molar refractivity (Wildman–Crippen MR) is 125 cm³/mol. The Morgan fingerprint density at radius 2 is 1.82 bits per heavy atom. The van der Waals surface area contributed by atoms with Crippen molar-refractivity contribution >= 4 is 34.1 Å². The van der Waals surface area contributed by atoms with Crippen LogP contribution < -0.4 is 11.1 Å². The first-order valence-corrected chi connectivity index (χ1v) is 10.7. The van der Waals surface area contributed by atoms with Gasteiger partial charge in [0.05, 0.1) is 6.54 Å². The molecule has 3 N–H and O–H groups in total. The molecule has 0 fully saturated rings. The lowest BCUT2D eigenvalue weighted by atomic mass is 10.1. The quantitative estimate of drug-likeness (QED) is 0.401. The number of amides is 1. The van der Waals surface area contributed by atoms with Gasteiger partial charge >= 0.3 is 6.18 Å². The van der Waals surface area contributed by atoms with Gasteiger partial charge < -0.3 is 11.1 Å². The van der Waals surface area contributed by atoms with E-state index >= 15 is 0 Å². The molecule has 0 unspecified atom stereocenters. The molecule has 0 radical (unpaired) electrons. The molecule has 1 amide bonds. The predicted octanol–water partition coefficient (Wildman–Crippen LogP) is 5.28. The Labute approximate surface area is 198 Å². The second-order valence-corrected chi connectivity index (χ2v) is 8.44. The van der Waals surface area contributed by atoms with Crippen LogP contribution in [0.25, 0.3) is 10.8 Å². The number of hydrogen-bond acceptors (Lipinski definition) is 4. The zero-order valence-electron chi connectivity index (χ0n) is 18.4. The van der Waals surface area contributed by atoms with Crippen LogP contribution in [0.4, 0.5) is 19.0 Å². The van der Waals surface area contributed by atoms with Gasteiger partial charge in [-0.1, -0.05) is 29.8 Å². The Morgan fingerprint density at radius 3 is 2.53 bits per heavy atom. The number of aromatic nitrogens is 3. The minimum Gasteiger partial charge on any atom is -0.384 e. The van der Waals surface area contributed by atoms with Crippen molar-refractivity contribution in [3.05, 3.63) is 87.3 Å². The van der Waals surface area contributed by atoms with Crippen molar-refractivity contribution in [2.75, 3.05) is 5.73 Å². The summed E-state index contributed by atoms with van der Waals surface area (Å²) in [6.07, 6.45) is -4.68. The van der Waals surface area contributed by atoms with Crippen molar-refractivity contribution in [3.8, 4) is 0 Å². The number of nitrogens with zero attached hydrogens (tertiary/aromatic N) is 3. The number of nitrogens with one attached hydrogen (secondary N) is 1. The van der Waals surface area contributed by atoms with E-state index in [1.807, 2.05) is 13.0 Å². The van der Waals surface area contributed by atoms with E-state index in [0.717, 1.165) is 32.6 Å². The highest BCUT2D eigenvalue weighted by atomic mass is 35.5. The number of pyridine rings is 1. The molecule has 0 saturated heterocycles. The largest absolute Gasteiger partial charge is 0.433 e. The number of halogens is 4. The van der Waals surface area contributed by atoms with Crippen molar-refractivity contribution in [1.82, 2.24) is 20.1 Å². The molecule has 2 heterocycles. The summed E-state index contributed by atoms with van der Waals surface area (Å²) in [6, 6.07) is 13.0. The number of fused-ring (bicyclic) bond motifs is 1. The van der Waals surface area contributed by atoms with Crippen molar-refractivity contribution in [2.45, 2.75) is 33.1 Å². The fraction of sp³-hybridized carbons (Fsp3) is 0.208. The lowest BCUT2D eigenvalue weighted by Crippen LogP contribution is -2.24. The molecule has 0 aliphatic rings. The van der Waals surface area contributed by atoms with E-state index in [4.69, 9.17) is 17.3 Å². The smallest absolute Gasteiger partial charge is 0.384 e. The first-order chi connectivity index (χ1) is 16.0. The molecular formula is C24H21ClF3N5O. The fourth-order valence-electron chi connectivity index (χ4n) is 3.83. The minimum absolute atomic E-state index is 0.0867. The number of aryl methyl sites for hydroxylation is 2. The summed E-state index contributed by atoms with van der Waals surface area (Å²) in [5, 5.41) is 8.82. The number of nitrogen functional groups attached to an aromatic ring is 1. The van der Waals surface area contributed by atoms with Crippen LogP contribution in [0.15, 0.2) is 48.5 Å². The van der Waals surface area contributed by atoms with Gasteiger partial charge in [0.15, 0.2) is 5.69 Å². The number of nitrogens with two attached hydrogens (primary N) is 1. The highest BCUT2D eigenvalue weighted by Gasteiger charge is 2.36. The summed E-state index contributed by atoms with van der Waals surface area (Å²) >= 11 is 6.03. The van der Waals surface area contributed by atoms with Gasteiger partial charge in [0.25, 0.3) is 5.91 Å². The first-order valence-electron chi connectivity index (χ1n) is 10.4. The average molecular weight is 488 g/mol. The Balaban J connectivity index is 1.59. The molecule has 10 heteroatoms. The number of alkyl halides is 3. The topological polar surface area (TPSA) is 85.8 Å². The van der Waals surface area contributed by atoms with Crippen molar-refractivity contribution in [1.29, 1.82) is 0 Å². The van der Waals surface area contributed by atoms with Crippen LogP contribution in [0.1, 0.15) is 38.6 Å². The number of carbonyl (C=O) groups excluding carboxylic acids is 1. The van der Waals surface area contributed by atoms with Gasteiger partial charge in [-0.3, -0.25) is 9.48 Å². The average Bonchev–Trinajstić information content (AvgIpc) is 3.17. The maximum atomic E-state index is 13.7. The Bertz CT molecular complexity index is 1370. The number of hydrogen-bond donors (Lipinski definition) is 2. The third-order valence-corrected chi connectivity index (χ3v) is 5.74. The first kappa shape index (κ1) is 23.6. The Kier molecular flexibility index (Phi) is 6.22. The second kappa shape index (κ2) is 8.98. The Hall–Kier alpha value is -3.59. The van der Waals surface area contributed by atoms with Gasteiger partial charge in [0.1, 0.15) is 11.5 Å². The highest BCUT2D eigenvalue weighted by molar-refractivity contribution is 6.31. The van der Waals surface area contributed by atoms with E-state index in [-0.39, 0.29) is 18.8 Å². The standard InChI is InChI=1S/C24H21ClF3N5O/c1-13-7-22(29)31-14(2)19(13)11-30-23(34)20-10-21(24(26,27)28)33(32-20)12-15-3-4-16-5-6-18(25)9-17(16)8-15/h3-10H,11-12H2,1-2H3,(H2,29,31)(H,30,34). The van der Waals surface area contributed by atoms with Crippen LogP contribution in [-0.4, -0.2) is 20.7 Å². The molecule has 34 heavy (non-hydrogen) atoms. The van der Waals surface area contributed by atoms with E-state index < -0.39 is 17.8 Å². The molecular weight excluding hydrogens is 467 g/mol. The third-order valence-electron chi connectivity index (χ3n) is 5.50. The van der Waals surface area contributed by atoms with Gasteiger partial charge in [-0.2, -0.15) is 18.3 Å². The van der Waals surface area contributed by atoms with Crippen LogP contribution in [-0.2, 0) is 19.3 Å². The van der Waals surface area contributed by atoms with E-state index in [9.17, 15) is 18.0 Å². The molecule has 2 aromatic heterocycles. The van der Waals surface area contributed by atoms with Crippen LogP contribution in [0.3, 0.4) is 0 Å². The summed E-state index contributed by atoms with van der Waals surface area (Å²) in [6.45, 7) is 3.49. The van der Waals surface area contributed by atoms with E-state index in [2.05, 4.69) is 15.4 Å². The molecule has 0 saturated carbocycles. The van der Waals surface area contributed by atoms with Crippen molar-refractivity contribution in [2.24, 2.45) is 0 Å². The molecule has 0 spiro atoms. The molecule has 4 rings (SSSR count). The molecule has 4 aromatic rings. The van der Waals surface area contributed by atoms with Gasteiger partial charge in [0.2, 0.25) is 0 Å². The SMILES string of the molecule is Cc1cc(N)nc(C)c1CNC(=O)c1cc(C(F)(F)F)n(Cc2ccc3ccc(Cl)cc3c2)n1. The lowest BCUT2D eigenvalue weighted by Gasteiger charge is -2.11. The van der Waals surface area contributed by atoms with E-state index in [1.54, 1.807) is 43.3 Å². The summed E-state index contributed by atoms with van der Waals surface area (Å²) in [5.74, 6) is -0.361. The zero-order chi connectivity index (χ0) is 24.6. The maximum absolute atomic E-state index is 13.7. The monoisotopic (exact) mass is 487 g/mol. The van der Waals surface area contributed by atoms with Crippen LogP contribution in [0.5, 0.6) is 0 Å². The van der Waals surface area contributed by atoms with Crippen molar-refractivity contribution < 1.29 is 18.0 Å². The highest BCUT2D eigenvalue weighted by Crippen LogP contribution is 2.31. The molecule has 2 aromatic carbocycles. The Morgan fingerprint density at radius 1 is 1.09 bits per heavy atom. The van der Waals surface area contributed by atoms with Gasteiger partial charge in [-0.15, -0.1) is 0 Å². The summed E-state index contributed by atoms with van der Waals surface area (Å²) in [5.41, 5.74) is 7.17. The van der Waals surface area contributed by atoms with Crippen LogP contribution >= 0.6 is 11.6 Å². The van der Waals surface area contributed by atoms with Crippen LogP contribution in [0, 0.1) is 13.8 Å². The lowest BCUT2D eigenvalue weighted by molar-refractivity contribution is -0.144. The van der Waals surface area contributed by atoms with Gasteiger partial charge in [0, 0.05) is 23.3 Å². The number of carbonyl (C=O) groups is 1. The minimum atomic E-state index is -4.68. The van der Waals surface area contributed by atoms with E-state index in [0.29, 0.717) is 22.1 Å².